The lowest BCUT2D eigenvalue weighted by Gasteiger charge is -2.23. The van der Waals surface area contributed by atoms with E-state index in [2.05, 4.69) is 4.57 Å². The number of nitrogens with two attached hydrogens (primary N) is 1. The smallest absolute Gasteiger partial charge is 0.255 e. The fourth-order valence-corrected chi connectivity index (χ4v) is 2.64. The van der Waals surface area contributed by atoms with E-state index in [4.69, 9.17) is 17.3 Å². The van der Waals surface area contributed by atoms with Crippen molar-refractivity contribution in [2.24, 2.45) is 5.73 Å². The van der Waals surface area contributed by atoms with Crippen LogP contribution in [0.5, 0.6) is 0 Å². The number of aryl methyl sites for hydroxylation is 1. The second-order valence-electron chi connectivity index (χ2n) is 5.60. The van der Waals surface area contributed by atoms with Gasteiger partial charge in [-0.25, -0.2) is 0 Å². The molecular formula is C17H23Cl2N3O. The van der Waals surface area contributed by atoms with Gasteiger partial charge in [0.25, 0.3) is 5.91 Å². The number of rotatable bonds is 4. The van der Waals surface area contributed by atoms with Gasteiger partial charge in [-0.15, -0.1) is 12.4 Å². The summed E-state index contributed by atoms with van der Waals surface area (Å²) in [6.45, 7) is 6.33. The average Bonchev–Trinajstić information content (AvgIpc) is 2.81. The number of likely N-dealkylation sites (N-methyl/N-ethyl adjacent to an activating group) is 1. The molecule has 1 aromatic heterocycles. The summed E-state index contributed by atoms with van der Waals surface area (Å²) in [5.41, 5.74) is 9.28. The van der Waals surface area contributed by atoms with Crippen molar-refractivity contribution in [3.8, 4) is 5.69 Å². The quantitative estimate of drug-likeness (QED) is 0.910. The summed E-state index contributed by atoms with van der Waals surface area (Å²) in [6, 6.07) is 9.52. The molecule has 1 aromatic carbocycles. The third-order valence-electron chi connectivity index (χ3n) is 4.07. The Bertz CT molecular complexity index is 680. The van der Waals surface area contributed by atoms with Crippen molar-refractivity contribution in [2.45, 2.75) is 26.8 Å². The Hall–Kier alpha value is -1.49. The largest absolute Gasteiger partial charge is 0.338 e. The minimum atomic E-state index is -0.00809. The molecule has 0 aliphatic heterocycles. The molecule has 0 aliphatic rings. The molecular weight excluding hydrogens is 333 g/mol. The molecule has 0 fully saturated rings. The average molecular weight is 356 g/mol. The zero-order valence-electron chi connectivity index (χ0n) is 13.8. The standard InChI is InChI=1S/C17H22ClN3O.ClH/c1-11-9-16(17(22)20(4)12(2)10-19)13(3)21(11)15-7-5-14(18)6-8-15;/h5-9,12H,10,19H2,1-4H3;1H. The first kappa shape index (κ1) is 19.6. The second kappa shape index (κ2) is 7.86. The predicted molar refractivity (Wildman–Crippen MR) is 98.1 cm³/mol. The minimum Gasteiger partial charge on any atom is -0.338 e. The van der Waals surface area contributed by atoms with Crippen molar-refractivity contribution in [1.29, 1.82) is 0 Å². The van der Waals surface area contributed by atoms with Gasteiger partial charge in [0, 0.05) is 41.7 Å². The van der Waals surface area contributed by atoms with Crippen LogP contribution < -0.4 is 5.73 Å². The van der Waals surface area contributed by atoms with E-state index in [-0.39, 0.29) is 24.4 Å². The highest BCUT2D eigenvalue weighted by atomic mass is 35.5. The zero-order valence-corrected chi connectivity index (χ0v) is 15.4. The van der Waals surface area contributed by atoms with Gasteiger partial charge in [-0.05, 0) is 51.1 Å². The number of hydrogen-bond acceptors (Lipinski definition) is 2. The maximum Gasteiger partial charge on any atom is 0.255 e. The van der Waals surface area contributed by atoms with Crippen LogP contribution in [-0.2, 0) is 0 Å². The lowest BCUT2D eigenvalue weighted by Crippen LogP contribution is -2.39. The summed E-state index contributed by atoms with van der Waals surface area (Å²) in [5.74, 6) is -0.00809. The van der Waals surface area contributed by atoms with Crippen LogP contribution in [0.2, 0.25) is 5.02 Å². The molecule has 0 saturated heterocycles. The van der Waals surface area contributed by atoms with E-state index >= 15 is 0 Å². The molecule has 23 heavy (non-hydrogen) atoms. The summed E-state index contributed by atoms with van der Waals surface area (Å²) in [5, 5.41) is 0.694. The van der Waals surface area contributed by atoms with E-state index < -0.39 is 0 Å². The lowest BCUT2D eigenvalue weighted by atomic mass is 10.2. The monoisotopic (exact) mass is 355 g/mol. The zero-order chi connectivity index (χ0) is 16.4. The van der Waals surface area contributed by atoms with E-state index in [0.29, 0.717) is 17.1 Å². The van der Waals surface area contributed by atoms with Crippen LogP contribution in [0.4, 0.5) is 0 Å². The van der Waals surface area contributed by atoms with Crippen LogP contribution in [0.15, 0.2) is 30.3 Å². The van der Waals surface area contributed by atoms with Gasteiger partial charge in [-0.1, -0.05) is 11.6 Å². The van der Waals surface area contributed by atoms with Gasteiger partial charge in [0.05, 0.1) is 5.56 Å². The van der Waals surface area contributed by atoms with Crippen LogP contribution in [0.1, 0.15) is 28.7 Å². The fraction of sp³-hybridized carbons (Fsp3) is 0.353. The van der Waals surface area contributed by atoms with Crippen molar-refractivity contribution >= 4 is 29.9 Å². The van der Waals surface area contributed by atoms with E-state index in [0.717, 1.165) is 17.1 Å². The first-order valence-corrected chi connectivity index (χ1v) is 7.66. The molecule has 1 unspecified atom stereocenters. The first-order valence-electron chi connectivity index (χ1n) is 7.29. The summed E-state index contributed by atoms with van der Waals surface area (Å²) >= 11 is 5.94. The number of halogens is 2. The highest BCUT2D eigenvalue weighted by Crippen LogP contribution is 2.23. The van der Waals surface area contributed by atoms with Crippen LogP contribution in [0, 0.1) is 13.8 Å². The van der Waals surface area contributed by atoms with Gasteiger partial charge >= 0.3 is 0 Å². The minimum absolute atomic E-state index is 0. The van der Waals surface area contributed by atoms with Crippen LogP contribution in [-0.4, -0.2) is 35.0 Å². The van der Waals surface area contributed by atoms with Gasteiger partial charge in [0.15, 0.2) is 0 Å². The normalized spacial score (nSPS) is 11.7. The number of nitrogens with zero attached hydrogens (tertiary/aromatic N) is 2. The molecule has 0 spiro atoms. The third kappa shape index (κ3) is 3.89. The molecule has 0 bridgehead atoms. The van der Waals surface area contributed by atoms with Crippen molar-refractivity contribution < 1.29 is 4.79 Å². The molecule has 0 aliphatic carbocycles. The molecule has 0 saturated carbocycles. The van der Waals surface area contributed by atoms with E-state index in [1.54, 1.807) is 11.9 Å². The maximum absolute atomic E-state index is 12.7. The molecule has 4 nitrogen and oxygen atoms in total. The second-order valence-corrected chi connectivity index (χ2v) is 6.03. The van der Waals surface area contributed by atoms with Gasteiger partial charge in [0.2, 0.25) is 0 Å². The van der Waals surface area contributed by atoms with Gasteiger partial charge < -0.3 is 15.2 Å². The number of carbonyl (C=O) groups excluding carboxylic acids is 1. The van der Waals surface area contributed by atoms with E-state index in [1.165, 1.54) is 0 Å². The molecule has 2 N–H and O–H groups in total. The highest BCUT2D eigenvalue weighted by molar-refractivity contribution is 6.30. The van der Waals surface area contributed by atoms with Crippen LogP contribution >= 0.6 is 24.0 Å². The van der Waals surface area contributed by atoms with Crippen LogP contribution in [0.3, 0.4) is 0 Å². The van der Waals surface area contributed by atoms with Crippen molar-refractivity contribution in [3.05, 3.63) is 52.3 Å². The summed E-state index contributed by atoms with van der Waals surface area (Å²) in [4.78, 5) is 14.3. The molecule has 126 valence electrons. The van der Waals surface area contributed by atoms with E-state index in [9.17, 15) is 4.79 Å². The number of benzene rings is 1. The highest BCUT2D eigenvalue weighted by Gasteiger charge is 2.22. The third-order valence-corrected chi connectivity index (χ3v) is 4.32. The summed E-state index contributed by atoms with van der Waals surface area (Å²) < 4.78 is 2.06. The molecule has 6 heteroatoms. The van der Waals surface area contributed by atoms with Gasteiger partial charge in [-0.2, -0.15) is 0 Å². The first-order chi connectivity index (χ1) is 10.4. The van der Waals surface area contributed by atoms with Crippen molar-refractivity contribution in [2.75, 3.05) is 13.6 Å². The molecule has 0 radical (unpaired) electrons. The molecule has 2 aromatic rings. The van der Waals surface area contributed by atoms with Gasteiger partial charge in [-0.3, -0.25) is 4.79 Å². The summed E-state index contributed by atoms with van der Waals surface area (Å²) in [7, 11) is 1.79. The fourth-order valence-electron chi connectivity index (χ4n) is 2.52. The lowest BCUT2D eigenvalue weighted by molar-refractivity contribution is 0.0747. The predicted octanol–water partition coefficient (Wildman–Crippen LogP) is 3.59. The van der Waals surface area contributed by atoms with Crippen LogP contribution in [0.25, 0.3) is 5.69 Å². The molecule has 1 amide bonds. The Morgan fingerprint density at radius 1 is 1.30 bits per heavy atom. The Balaban J connectivity index is 0.00000264. The Labute approximate surface area is 148 Å². The topological polar surface area (TPSA) is 51.3 Å². The number of hydrogen-bond donors (Lipinski definition) is 1. The molecule has 1 atom stereocenters. The SMILES string of the molecule is Cc1cc(C(=O)N(C)C(C)CN)c(C)n1-c1ccc(Cl)cc1.Cl. The van der Waals surface area contributed by atoms with Crippen molar-refractivity contribution in [3.63, 3.8) is 0 Å². The Morgan fingerprint density at radius 2 is 1.87 bits per heavy atom. The Morgan fingerprint density at radius 3 is 2.39 bits per heavy atom. The number of carbonyl (C=O) groups is 1. The Kier molecular flexibility index (Phi) is 6.69. The molecule has 2 rings (SSSR count). The molecule has 1 heterocycles. The van der Waals surface area contributed by atoms with Gasteiger partial charge in [0.1, 0.15) is 0 Å². The maximum atomic E-state index is 12.7. The van der Waals surface area contributed by atoms with Crippen molar-refractivity contribution in [1.82, 2.24) is 9.47 Å². The van der Waals surface area contributed by atoms with E-state index in [1.807, 2.05) is 51.1 Å². The number of aromatic nitrogens is 1. The summed E-state index contributed by atoms with van der Waals surface area (Å²) in [6.07, 6.45) is 0. The number of amides is 1.